The van der Waals surface area contributed by atoms with E-state index in [0.29, 0.717) is 12.3 Å². The summed E-state index contributed by atoms with van der Waals surface area (Å²) in [4.78, 5) is 12.1. The van der Waals surface area contributed by atoms with Crippen LogP contribution in [-0.2, 0) is 4.79 Å². The van der Waals surface area contributed by atoms with Gasteiger partial charge in [-0.25, -0.2) is 0 Å². The summed E-state index contributed by atoms with van der Waals surface area (Å²) in [5.74, 6) is 0.570. The molecule has 2 unspecified atom stereocenters. The molecule has 2 atom stereocenters. The van der Waals surface area contributed by atoms with Gasteiger partial charge in [0.25, 0.3) is 0 Å². The molecule has 0 aromatic rings. The highest BCUT2D eigenvalue weighted by molar-refractivity contribution is 9.09. The van der Waals surface area contributed by atoms with E-state index in [1.54, 1.807) is 0 Å². The van der Waals surface area contributed by atoms with Crippen LogP contribution in [0.5, 0.6) is 0 Å². The van der Waals surface area contributed by atoms with E-state index in [2.05, 4.69) is 69.7 Å². The summed E-state index contributed by atoms with van der Waals surface area (Å²) >= 11 is 3.46. The Hall–Kier alpha value is -0.0500. The number of hydrogen-bond acceptors (Lipinski definition) is 1. The minimum absolute atomic E-state index is 0.106. The van der Waals surface area contributed by atoms with Gasteiger partial charge >= 0.3 is 0 Å². The first-order valence-corrected chi connectivity index (χ1v) is 7.96. The number of alkyl halides is 1. The van der Waals surface area contributed by atoms with Gasteiger partial charge in [-0.3, -0.25) is 4.79 Å². The smallest absolute Gasteiger partial charge is 0.220 e. The van der Waals surface area contributed by atoms with Gasteiger partial charge in [-0.2, -0.15) is 0 Å². The van der Waals surface area contributed by atoms with E-state index < -0.39 is 0 Å². The normalized spacial score (nSPS) is 16.2. The number of carbonyl (C=O) groups excluding carboxylic acids is 1. The number of halogens is 1. The molecular formula is C15H30BrNO. The molecule has 0 aliphatic heterocycles. The number of hydrogen-bond donors (Lipinski definition) is 1. The SMILES string of the molecule is CC(CC(=O)NC(CCBr)C(C)(C)C)C(C)(C)C. The summed E-state index contributed by atoms with van der Waals surface area (Å²) in [6, 6.07) is 0.233. The molecule has 0 fully saturated rings. The molecule has 0 radical (unpaired) electrons. The Morgan fingerprint density at radius 3 is 1.94 bits per heavy atom. The third-order valence-corrected chi connectivity index (χ3v) is 4.21. The van der Waals surface area contributed by atoms with Crippen LogP contribution < -0.4 is 5.32 Å². The van der Waals surface area contributed by atoms with Crippen molar-refractivity contribution in [2.75, 3.05) is 5.33 Å². The fraction of sp³-hybridized carbons (Fsp3) is 0.933. The molecule has 0 heterocycles. The lowest BCUT2D eigenvalue weighted by atomic mass is 9.79. The van der Waals surface area contributed by atoms with Crippen LogP contribution in [0.2, 0.25) is 0 Å². The van der Waals surface area contributed by atoms with Crippen molar-refractivity contribution in [3.8, 4) is 0 Å². The zero-order valence-electron chi connectivity index (χ0n) is 13.1. The van der Waals surface area contributed by atoms with Gasteiger partial charge in [0.1, 0.15) is 0 Å². The maximum absolute atomic E-state index is 12.1. The van der Waals surface area contributed by atoms with Crippen LogP contribution in [0.25, 0.3) is 0 Å². The van der Waals surface area contributed by atoms with E-state index in [4.69, 9.17) is 0 Å². The summed E-state index contributed by atoms with van der Waals surface area (Å²) in [6.45, 7) is 15.2. The number of carbonyl (C=O) groups is 1. The topological polar surface area (TPSA) is 29.1 Å². The number of amides is 1. The lowest BCUT2D eigenvalue weighted by Crippen LogP contribution is -2.44. The van der Waals surface area contributed by atoms with E-state index in [1.807, 2.05) is 0 Å². The largest absolute Gasteiger partial charge is 0.353 e. The summed E-state index contributed by atoms with van der Waals surface area (Å²) in [7, 11) is 0. The summed E-state index contributed by atoms with van der Waals surface area (Å²) in [6.07, 6.45) is 1.58. The Balaban J connectivity index is 4.44. The zero-order chi connectivity index (χ0) is 14.6. The first-order chi connectivity index (χ1) is 7.98. The van der Waals surface area contributed by atoms with Crippen LogP contribution in [-0.4, -0.2) is 17.3 Å². The summed E-state index contributed by atoms with van der Waals surface area (Å²) in [5.41, 5.74) is 0.290. The van der Waals surface area contributed by atoms with E-state index in [-0.39, 0.29) is 22.8 Å². The first-order valence-electron chi connectivity index (χ1n) is 6.83. The van der Waals surface area contributed by atoms with Crippen LogP contribution in [0.3, 0.4) is 0 Å². The Bertz CT molecular complexity index is 263. The first kappa shape index (κ1) is 17.9. The molecule has 108 valence electrons. The van der Waals surface area contributed by atoms with Crippen LogP contribution in [0.1, 0.15) is 61.3 Å². The van der Waals surface area contributed by atoms with Gasteiger partial charge in [-0.1, -0.05) is 64.4 Å². The second kappa shape index (κ2) is 6.93. The number of rotatable bonds is 5. The minimum atomic E-state index is 0.106. The van der Waals surface area contributed by atoms with Gasteiger partial charge < -0.3 is 5.32 Å². The lowest BCUT2D eigenvalue weighted by molar-refractivity contribution is -0.124. The van der Waals surface area contributed by atoms with Crippen molar-refractivity contribution in [2.45, 2.75) is 67.3 Å². The Morgan fingerprint density at radius 1 is 1.11 bits per heavy atom. The van der Waals surface area contributed by atoms with Gasteiger partial charge in [0.15, 0.2) is 0 Å². The molecule has 0 saturated carbocycles. The maximum Gasteiger partial charge on any atom is 0.220 e. The average molecular weight is 320 g/mol. The molecule has 2 nitrogen and oxygen atoms in total. The van der Waals surface area contributed by atoms with Crippen LogP contribution >= 0.6 is 15.9 Å². The fourth-order valence-electron chi connectivity index (χ4n) is 1.67. The van der Waals surface area contributed by atoms with Crippen molar-refractivity contribution >= 4 is 21.8 Å². The Morgan fingerprint density at radius 2 is 1.61 bits per heavy atom. The van der Waals surface area contributed by atoms with Gasteiger partial charge in [-0.05, 0) is 23.2 Å². The van der Waals surface area contributed by atoms with Crippen molar-refractivity contribution < 1.29 is 4.79 Å². The van der Waals surface area contributed by atoms with E-state index in [0.717, 1.165) is 11.8 Å². The molecule has 0 aromatic carbocycles. The van der Waals surface area contributed by atoms with E-state index >= 15 is 0 Å². The summed E-state index contributed by atoms with van der Waals surface area (Å²) < 4.78 is 0. The van der Waals surface area contributed by atoms with Gasteiger partial charge in [0.2, 0.25) is 5.91 Å². The molecule has 18 heavy (non-hydrogen) atoms. The standard InChI is InChI=1S/C15H30BrNO/c1-11(14(2,3)4)10-13(18)17-12(8-9-16)15(5,6)7/h11-12H,8-10H2,1-7H3,(H,17,18). The van der Waals surface area contributed by atoms with Crippen LogP contribution in [0.4, 0.5) is 0 Å². The second-order valence-electron chi connectivity index (χ2n) is 7.43. The van der Waals surface area contributed by atoms with Crippen LogP contribution in [0.15, 0.2) is 0 Å². The highest BCUT2D eigenvalue weighted by Crippen LogP contribution is 2.28. The summed E-state index contributed by atoms with van der Waals surface area (Å²) in [5, 5.41) is 4.11. The van der Waals surface area contributed by atoms with E-state index in [1.165, 1.54) is 0 Å². The fourth-order valence-corrected chi connectivity index (χ4v) is 2.13. The predicted octanol–water partition coefficient (Wildman–Crippen LogP) is 4.37. The van der Waals surface area contributed by atoms with Crippen molar-refractivity contribution in [1.29, 1.82) is 0 Å². The Kier molecular flexibility index (Phi) is 6.91. The zero-order valence-corrected chi connectivity index (χ0v) is 14.6. The molecule has 0 aromatic heterocycles. The van der Waals surface area contributed by atoms with Crippen molar-refractivity contribution in [1.82, 2.24) is 5.32 Å². The second-order valence-corrected chi connectivity index (χ2v) is 8.23. The van der Waals surface area contributed by atoms with Crippen molar-refractivity contribution in [3.63, 3.8) is 0 Å². The molecule has 0 spiro atoms. The predicted molar refractivity (Wildman–Crippen MR) is 83.0 cm³/mol. The van der Waals surface area contributed by atoms with Gasteiger partial charge in [0.05, 0.1) is 0 Å². The molecule has 0 aliphatic rings. The monoisotopic (exact) mass is 319 g/mol. The molecule has 1 N–H and O–H groups in total. The molecular weight excluding hydrogens is 290 g/mol. The molecule has 1 amide bonds. The highest BCUT2D eigenvalue weighted by Gasteiger charge is 2.28. The van der Waals surface area contributed by atoms with E-state index in [9.17, 15) is 4.79 Å². The van der Waals surface area contributed by atoms with Gasteiger partial charge in [-0.15, -0.1) is 0 Å². The lowest BCUT2D eigenvalue weighted by Gasteiger charge is -2.33. The molecule has 3 heteroatoms. The highest BCUT2D eigenvalue weighted by atomic mass is 79.9. The Labute approximate surface area is 121 Å². The maximum atomic E-state index is 12.1. The van der Waals surface area contributed by atoms with Crippen LogP contribution in [0, 0.1) is 16.7 Å². The third kappa shape index (κ3) is 6.77. The minimum Gasteiger partial charge on any atom is -0.353 e. The van der Waals surface area contributed by atoms with Gasteiger partial charge in [0, 0.05) is 17.8 Å². The molecule has 0 saturated heterocycles. The number of nitrogens with one attached hydrogen (secondary N) is 1. The third-order valence-electron chi connectivity index (χ3n) is 3.75. The van der Waals surface area contributed by atoms with Crippen molar-refractivity contribution in [3.05, 3.63) is 0 Å². The molecule has 0 rings (SSSR count). The molecule has 0 aliphatic carbocycles. The average Bonchev–Trinajstić information content (AvgIpc) is 2.13. The van der Waals surface area contributed by atoms with Crippen molar-refractivity contribution in [2.24, 2.45) is 16.7 Å². The molecule has 0 bridgehead atoms. The quantitative estimate of drug-likeness (QED) is 0.749.